The molecule has 2 N–H and O–H groups in total. The van der Waals surface area contributed by atoms with Crippen LogP contribution in [0.2, 0.25) is 5.02 Å². The summed E-state index contributed by atoms with van der Waals surface area (Å²) < 4.78 is 26.6. The van der Waals surface area contributed by atoms with Crippen LogP contribution in [0.15, 0.2) is 54.9 Å². The highest BCUT2D eigenvalue weighted by molar-refractivity contribution is 6.30. The van der Waals surface area contributed by atoms with Crippen molar-refractivity contribution >= 4 is 28.9 Å². The molecule has 0 bridgehead atoms. The molecule has 0 fully saturated rings. The topological polar surface area (TPSA) is 49.8 Å². The van der Waals surface area contributed by atoms with Crippen molar-refractivity contribution in [3.8, 4) is 0 Å². The number of hydrogen-bond donors (Lipinski definition) is 2. The van der Waals surface area contributed by atoms with Crippen molar-refractivity contribution < 1.29 is 8.78 Å². The van der Waals surface area contributed by atoms with E-state index in [2.05, 4.69) is 20.6 Å². The smallest absolute Gasteiger partial charge is 0.149 e. The first kappa shape index (κ1) is 17.1. The van der Waals surface area contributed by atoms with Crippen LogP contribution in [-0.4, -0.2) is 16.5 Å². The summed E-state index contributed by atoms with van der Waals surface area (Å²) in [7, 11) is 0. The summed E-state index contributed by atoms with van der Waals surface area (Å²) >= 11 is 5.96. The Hall–Kier alpha value is -2.73. The zero-order valence-electron chi connectivity index (χ0n) is 13.1. The number of anilines is 3. The molecule has 0 radical (unpaired) electrons. The summed E-state index contributed by atoms with van der Waals surface area (Å²) in [6.45, 7) is 0.654. The largest absolute Gasteiger partial charge is 0.370 e. The van der Waals surface area contributed by atoms with Gasteiger partial charge < -0.3 is 10.6 Å². The molecule has 0 saturated heterocycles. The van der Waals surface area contributed by atoms with E-state index in [1.807, 2.05) is 24.3 Å². The molecular weight excluding hydrogens is 346 g/mol. The molecule has 0 spiro atoms. The van der Waals surface area contributed by atoms with Crippen LogP contribution in [0.25, 0.3) is 0 Å². The molecule has 0 unspecified atom stereocenters. The van der Waals surface area contributed by atoms with Gasteiger partial charge in [-0.05, 0) is 36.2 Å². The third-order valence-electron chi connectivity index (χ3n) is 3.47. The van der Waals surface area contributed by atoms with Crippen molar-refractivity contribution in [2.45, 2.75) is 6.42 Å². The fourth-order valence-electron chi connectivity index (χ4n) is 2.28. The van der Waals surface area contributed by atoms with Crippen LogP contribution in [-0.2, 0) is 6.42 Å². The summed E-state index contributed by atoms with van der Waals surface area (Å²) in [6, 6.07) is 12.6. The minimum atomic E-state index is -0.686. The third-order valence-corrected chi connectivity index (χ3v) is 3.70. The van der Waals surface area contributed by atoms with Crippen molar-refractivity contribution in [1.82, 2.24) is 9.97 Å². The molecule has 3 rings (SSSR count). The van der Waals surface area contributed by atoms with Gasteiger partial charge >= 0.3 is 0 Å². The predicted octanol–water partition coefficient (Wildman–Crippen LogP) is 4.81. The zero-order chi connectivity index (χ0) is 17.6. The predicted molar refractivity (Wildman–Crippen MR) is 95.3 cm³/mol. The number of nitrogens with zero attached hydrogens (tertiary/aromatic N) is 2. The van der Waals surface area contributed by atoms with E-state index in [0.717, 1.165) is 18.1 Å². The number of nitrogens with one attached hydrogen (secondary N) is 2. The summed E-state index contributed by atoms with van der Waals surface area (Å²) in [5, 5.41) is 6.68. The highest BCUT2D eigenvalue weighted by Crippen LogP contribution is 2.20. The van der Waals surface area contributed by atoms with Gasteiger partial charge in [-0.15, -0.1) is 0 Å². The second-order valence-corrected chi connectivity index (χ2v) is 5.78. The van der Waals surface area contributed by atoms with Crippen molar-refractivity contribution in [1.29, 1.82) is 0 Å². The maximum absolute atomic E-state index is 13.7. The highest BCUT2D eigenvalue weighted by atomic mass is 35.5. The van der Waals surface area contributed by atoms with Gasteiger partial charge in [0.15, 0.2) is 0 Å². The van der Waals surface area contributed by atoms with Crippen molar-refractivity contribution in [3.05, 3.63) is 77.1 Å². The first-order valence-corrected chi connectivity index (χ1v) is 8.00. The molecule has 3 aromatic rings. The van der Waals surface area contributed by atoms with Crippen LogP contribution in [0.5, 0.6) is 0 Å². The van der Waals surface area contributed by atoms with Gasteiger partial charge in [-0.3, -0.25) is 0 Å². The van der Waals surface area contributed by atoms with E-state index in [9.17, 15) is 8.78 Å². The molecule has 0 atom stereocenters. The van der Waals surface area contributed by atoms with E-state index in [0.29, 0.717) is 23.2 Å². The molecule has 0 amide bonds. The van der Waals surface area contributed by atoms with E-state index in [4.69, 9.17) is 11.6 Å². The summed E-state index contributed by atoms with van der Waals surface area (Å²) in [5.41, 5.74) is 1.26. The molecule has 0 aliphatic heterocycles. The van der Waals surface area contributed by atoms with Gasteiger partial charge in [-0.2, -0.15) is 0 Å². The van der Waals surface area contributed by atoms with Gasteiger partial charge in [0, 0.05) is 23.7 Å². The van der Waals surface area contributed by atoms with Gasteiger partial charge in [-0.1, -0.05) is 23.7 Å². The molecule has 0 saturated carbocycles. The lowest BCUT2D eigenvalue weighted by Crippen LogP contribution is -2.07. The monoisotopic (exact) mass is 360 g/mol. The lowest BCUT2D eigenvalue weighted by molar-refractivity contribution is 0.586. The summed E-state index contributed by atoms with van der Waals surface area (Å²) in [6.07, 6.45) is 2.14. The van der Waals surface area contributed by atoms with Crippen LogP contribution in [0.3, 0.4) is 0 Å². The minimum absolute atomic E-state index is 0.143. The number of benzene rings is 2. The maximum atomic E-state index is 13.7. The second kappa shape index (κ2) is 7.90. The van der Waals surface area contributed by atoms with E-state index in [1.165, 1.54) is 18.5 Å². The lowest BCUT2D eigenvalue weighted by atomic mass is 10.1. The maximum Gasteiger partial charge on any atom is 0.149 e. The SMILES string of the molecule is Fc1ccc(Nc2cc(NCCc3cccc(Cl)c3)ncn2)c(F)c1. The first-order chi connectivity index (χ1) is 12.1. The Labute approximate surface area is 148 Å². The molecule has 2 aromatic carbocycles. The number of aromatic nitrogens is 2. The fourth-order valence-corrected chi connectivity index (χ4v) is 2.49. The summed E-state index contributed by atoms with van der Waals surface area (Å²) in [4.78, 5) is 8.16. The van der Waals surface area contributed by atoms with E-state index in [-0.39, 0.29) is 5.69 Å². The average Bonchev–Trinajstić information content (AvgIpc) is 2.58. The molecular formula is C18H15ClF2N4. The van der Waals surface area contributed by atoms with Crippen molar-refractivity contribution in [2.24, 2.45) is 0 Å². The van der Waals surface area contributed by atoms with Crippen LogP contribution in [0, 0.1) is 11.6 Å². The number of halogens is 3. The lowest BCUT2D eigenvalue weighted by Gasteiger charge is -2.09. The molecule has 0 aliphatic rings. The second-order valence-electron chi connectivity index (χ2n) is 5.34. The van der Waals surface area contributed by atoms with Crippen molar-refractivity contribution in [2.75, 3.05) is 17.2 Å². The molecule has 7 heteroatoms. The Morgan fingerprint density at radius 3 is 2.60 bits per heavy atom. The fraction of sp³-hybridized carbons (Fsp3) is 0.111. The Morgan fingerprint density at radius 1 is 0.960 bits per heavy atom. The summed E-state index contributed by atoms with van der Waals surface area (Å²) in [5.74, 6) is -0.309. The Balaban J connectivity index is 1.61. The minimum Gasteiger partial charge on any atom is -0.370 e. The quantitative estimate of drug-likeness (QED) is 0.662. The van der Waals surface area contributed by atoms with E-state index in [1.54, 1.807) is 6.07 Å². The first-order valence-electron chi connectivity index (χ1n) is 7.62. The molecule has 0 aliphatic carbocycles. The Bertz CT molecular complexity index is 873. The number of rotatable bonds is 6. The van der Waals surface area contributed by atoms with Crippen LogP contribution in [0.4, 0.5) is 26.1 Å². The Morgan fingerprint density at radius 2 is 1.80 bits per heavy atom. The van der Waals surface area contributed by atoms with E-state index < -0.39 is 11.6 Å². The number of hydrogen-bond acceptors (Lipinski definition) is 4. The van der Waals surface area contributed by atoms with Gasteiger partial charge in [0.25, 0.3) is 0 Å². The van der Waals surface area contributed by atoms with Gasteiger partial charge in [-0.25, -0.2) is 18.7 Å². The normalized spacial score (nSPS) is 10.5. The molecule has 1 heterocycles. The molecule has 4 nitrogen and oxygen atoms in total. The van der Waals surface area contributed by atoms with Gasteiger partial charge in [0.05, 0.1) is 5.69 Å². The molecule has 25 heavy (non-hydrogen) atoms. The average molecular weight is 361 g/mol. The standard InChI is InChI=1S/C18H15ClF2N4/c19-13-3-1-2-12(8-13)6-7-22-17-10-18(24-11-23-17)25-16-5-4-14(20)9-15(16)21/h1-5,8-11H,6-7H2,(H2,22,23,24,25). The molecule has 1 aromatic heterocycles. The van der Waals surface area contributed by atoms with Crippen LogP contribution >= 0.6 is 11.6 Å². The highest BCUT2D eigenvalue weighted by Gasteiger charge is 2.06. The van der Waals surface area contributed by atoms with Crippen LogP contribution in [0.1, 0.15) is 5.56 Å². The zero-order valence-corrected chi connectivity index (χ0v) is 13.9. The Kier molecular flexibility index (Phi) is 5.40. The van der Waals surface area contributed by atoms with Gasteiger partial charge in [0.2, 0.25) is 0 Å². The van der Waals surface area contributed by atoms with Crippen LogP contribution < -0.4 is 10.6 Å². The van der Waals surface area contributed by atoms with E-state index >= 15 is 0 Å². The van der Waals surface area contributed by atoms with Gasteiger partial charge in [0.1, 0.15) is 29.6 Å². The molecule has 128 valence electrons. The van der Waals surface area contributed by atoms with Crippen molar-refractivity contribution in [3.63, 3.8) is 0 Å². The third kappa shape index (κ3) is 4.87.